The lowest BCUT2D eigenvalue weighted by Gasteiger charge is -2.55. The molecule has 2 N–H and O–H groups in total. The average Bonchev–Trinajstić information content (AvgIpc) is 2.76. The smallest absolute Gasteiger partial charge is 0.315 e. The summed E-state index contributed by atoms with van der Waals surface area (Å²) in [5.74, 6) is 0. The third kappa shape index (κ3) is 1.75. The van der Waals surface area contributed by atoms with E-state index in [4.69, 9.17) is 0 Å². The molecule has 1 aliphatic carbocycles. The van der Waals surface area contributed by atoms with Crippen LogP contribution < -0.4 is 10.0 Å². The molecule has 9 heteroatoms. The average molecular weight is 285 g/mol. The molecule has 0 bridgehead atoms. The Kier molecular flexibility index (Phi) is 2.38. The Labute approximate surface area is 103 Å². The van der Waals surface area contributed by atoms with Crippen LogP contribution in [0.2, 0.25) is 0 Å². The molecule has 3 aliphatic rings. The highest BCUT2D eigenvalue weighted by Crippen LogP contribution is 2.50. The predicted octanol–water partition coefficient (Wildman–Crippen LogP) is -0.179. The number of halogens is 3. The topological polar surface area (TPSA) is 61.4 Å². The van der Waals surface area contributed by atoms with E-state index >= 15 is 0 Å². The van der Waals surface area contributed by atoms with Gasteiger partial charge in [0.25, 0.3) is 10.2 Å². The second-order valence-corrected chi connectivity index (χ2v) is 7.23. The van der Waals surface area contributed by atoms with Crippen LogP contribution in [0.1, 0.15) is 12.8 Å². The van der Waals surface area contributed by atoms with Gasteiger partial charge in [-0.3, -0.25) is 0 Å². The van der Waals surface area contributed by atoms with Crippen molar-refractivity contribution in [1.82, 2.24) is 14.3 Å². The zero-order chi connectivity index (χ0) is 13.2. The maximum absolute atomic E-state index is 12.7. The summed E-state index contributed by atoms with van der Waals surface area (Å²) in [6, 6.07) is 0. The molecule has 3 rings (SSSR count). The van der Waals surface area contributed by atoms with Crippen LogP contribution in [-0.2, 0) is 10.2 Å². The number of alkyl halides is 3. The first-order chi connectivity index (χ1) is 8.18. The molecule has 3 fully saturated rings. The quantitative estimate of drug-likeness (QED) is 0.756. The Bertz CT molecular complexity index is 460. The highest BCUT2D eigenvalue weighted by atomic mass is 32.2. The highest BCUT2D eigenvalue weighted by Gasteiger charge is 2.66. The lowest BCUT2D eigenvalue weighted by atomic mass is 9.76. The standard InChI is InChI=1S/C9H14F3N3O2S/c10-9(11,12)8(1-2-8)14-18(16,17)15-5-7(6-15)3-13-4-7/h13-14H,1-6H2. The molecule has 104 valence electrons. The van der Waals surface area contributed by atoms with Crippen molar-refractivity contribution in [1.29, 1.82) is 0 Å². The zero-order valence-electron chi connectivity index (χ0n) is 9.55. The van der Waals surface area contributed by atoms with E-state index in [1.54, 1.807) is 0 Å². The number of hydrogen-bond donors (Lipinski definition) is 2. The van der Waals surface area contributed by atoms with Crippen LogP contribution in [-0.4, -0.2) is 50.6 Å². The maximum atomic E-state index is 12.7. The normalized spacial score (nSPS) is 29.7. The fraction of sp³-hybridized carbons (Fsp3) is 1.00. The van der Waals surface area contributed by atoms with Gasteiger partial charge >= 0.3 is 6.18 Å². The summed E-state index contributed by atoms with van der Waals surface area (Å²) in [4.78, 5) is 0. The SMILES string of the molecule is O=S(=O)(NC1(C(F)(F)F)CC1)N1CC2(CNC2)C1. The van der Waals surface area contributed by atoms with Gasteiger partial charge in [-0.1, -0.05) is 0 Å². The van der Waals surface area contributed by atoms with Crippen LogP contribution in [0.15, 0.2) is 0 Å². The van der Waals surface area contributed by atoms with Gasteiger partial charge in [-0.15, -0.1) is 0 Å². The molecule has 2 heterocycles. The Hall–Kier alpha value is -0.380. The molecule has 0 aromatic carbocycles. The van der Waals surface area contributed by atoms with Gasteiger partial charge < -0.3 is 5.32 Å². The van der Waals surface area contributed by atoms with Crippen LogP contribution in [0.25, 0.3) is 0 Å². The molecule has 2 saturated heterocycles. The van der Waals surface area contributed by atoms with E-state index in [1.807, 2.05) is 4.72 Å². The third-order valence-electron chi connectivity index (χ3n) is 3.98. The van der Waals surface area contributed by atoms with Gasteiger partial charge in [0.2, 0.25) is 0 Å². The van der Waals surface area contributed by atoms with Crippen molar-refractivity contribution in [2.75, 3.05) is 26.2 Å². The van der Waals surface area contributed by atoms with E-state index in [0.717, 1.165) is 17.4 Å². The highest BCUT2D eigenvalue weighted by molar-refractivity contribution is 7.87. The molecule has 0 radical (unpaired) electrons. The number of hydrogen-bond acceptors (Lipinski definition) is 3. The molecule has 18 heavy (non-hydrogen) atoms. The molecule has 2 aliphatic heterocycles. The minimum absolute atomic E-state index is 0.0380. The van der Waals surface area contributed by atoms with Crippen molar-refractivity contribution in [3.05, 3.63) is 0 Å². The molecule has 0 atom stereocenters. The predicted molar refractivity (Wildman–Crippen MR) is 57.0 cm³/mol. The Morgan fingerprint density at radius 1 is 1.17 bits per heavy atom. The third-order valence-corrected chi connectivity index (χ3v) is 5.57. The van der Waals surface area contributed by atoms with E-state index in [2.05, 4.69) is 5.32 Å². The van der Waals surface area contributed by atoms with Crippen molar-refractivity contribution in [3.63, 3.8) is 0 Å². The zero-order valence-corrected chi connectivity index (χ0v) is 10.4. The summed E-state index contributed by atoms with van der Waals surface area (Å²) >= 11 is 0. The number of nitrogens with one attached hydrogen (secondary N) is 2. The van der Waals surface area contributed by atoms with Gasteiger partial charge in [0.05, 0.1) is 0 Å². The van der Waals surface area contributed by atoms with Crippen LogP contribution in [0, 0.1) is 5.41 Å². The fourth-order valence-electron chi connectivity index (χ4n) is 2.45. The van der Waals surface area contributed by atoms with Crippen LogP contribution in [0.3, 0.4) is 0 Å². The molecule has 0 unspecified atom stereocenters. The maximum Gasteiger partial charge on any atom is 0.407 e. The van der Waals surface area contributed by atoms with E-state index in [1.165, 1.54) is 0 Å². The molecular weight excluding hydrogens is 271 g/mol. The Morgan fingerprint density at radius 3 is 2.06 bits per heavy atom. The summed E-state index contributed by atoms with van der Waals surface area (Å²) in [5, 5.41) is 3.04. The lowest BCUT2D eigenvalue weighted by Crippen LogP contribution is -2.73. The lowest BCUT2D eigenvalue weighted by molar-refractivity contribution is -0.161. The van der Waals surface area contributed by atoms with E-state index < -0.39 is 21.9 Å². The summed E-state index contributed by atoms with van der Waals surface area (Å²) in [7, 11) is -4.01. The van der Waals surface area contributed by atoms with Crippen molar-refractivity contribution in [3.8, 4) is 0 Å². The van der Waals surface area contributed by atoms with Crippen LogP contribution in [0.5, 0.6) is 0 Å². The molecule has 1 spiro atoms. The Morgan fingerprint density at radius 2 is 1.72 bits per heavy atom. The minimum atomic E-state index is -4.51. The second-order valence-electron chi connectivity index (χ2n) is 5.56. The molecule has 0 amide bonds. The molecule has 1 saturated carbocycles. The van der Waals surface area contributed by atoms with Gasteiger partial charge in [-0.05, 0) is 12.8 Å². The van der Waals surface area contributed by atoms with E-state index in [0.29, 0.717) is 13.1 Å². The van der Waals surface area contributed by atoms with E-state index in [-0.39, 0.29) is 18.3 Å². The summed E-state index contributed by atoms with van der Waals surface area (Å²) in [6.07, 6.45) is -4.85. The van der Waals surface area contributed by atoms with Gasteiger partial charge in [-0.2, -0.15) is 30.6 Å². The van der Waals surface area contributed by atoms with Gasteiger partial charge in [0, 0.05) is 31.6 Å². The minimum Gasteiger partial charge on any atom is -0.315 e. The molecule has 0 aromatic heterocycles. The first-order valence-electron chi connectivity index (χ1n) is 5.75. The summed E-state index contributed by atoms with van der Waals surface area (Å²) in [6.45, 7) is 2.10. The summed E-state index contributed by atoms with van der Waals surface area (Å²) < 4.78 is 64.7. The monoisotopic (exact) mass is 285 g/mol. The van der Waals surface area contributed by atoms with Crippen molar-refractivity contribution >= 4 is 10.2 Å². The van der Waals surface area contributed by atoms with Crippen molar-refractivity contribution < 1.29 is 21.6 Å². The Balaban J connectivity index is 1.66. The molecule has 5 nitrogen and oxygen atoms in total. The van der Waals surface area contributed by atoms with E-state index in [9.17, 15) is 21.6 Å². The van der Waals surface area contributed by atoms with Crippen LogP contribution >= 0.6 is 0 Å². The fourth-order valence-corrected chi connectivity index (χ4v) is 4.28. The van der Waals surface area contributed by atoms with Gasteiger partial charge in [0.15, 0.2) is 0 Å². The molecule has 0 aromatic rings. The second kappa shape index (κ2) is 3.38. The van der Waals surface area contributed by atoms with Crippen molar-refractivity contribution in [2.24, 2.45) is 5.41 Å². The first kappa shape index (κ1) is 12.6. The van der Waals surface area contributed by atoms with Crippen LogP contribution in [0.4, 0.5) is 13.2 Å². The van der Waals surface area contributed by atoms with Gasteiger partial charge in [0.1, 0.15) is 5.54 Å². The van der Waals surface area contributed by atoms with Crippen molar-refractivity contribution in [2.45, 2.75) is 24.6 Å². The van der Waals surface area contributed by atoms with Gasteiger partial charge in [-0.25, -0.2) is 0 Å². The number of rotatable bonds is 3. The largest absolute Gasteiger partial charge is 0.407 e. The number of nitrogens with zero attached hydrogens (tertiary/aromatic N) is 1. The summed E-state index contributed by atoms with van der Waals surface area (Å²) in [5.41, 5.74) is -2.25. The first-order valence-corrected chi connectivity index (χ1v) is 7.19. The molecular formula is C9H14F3N3O2S.